The maximum Gasteiger partial charge on any atom is 0.434 e. The van der Waals surface area contributed by atoms with Crippen LogP contribution in [-0.4, -0.2) is 40.4 Å². The summed E-state index contributed by atoms with van der Waals surface area (Å²) in [6.07, 6.45) is -1.09. The van der Waals surface area contributed by atoms with Crippen molar-refractivity contribution in [2.24, 2.45) is 5.41 Å². The number of Topliss-reactive ketones (excluding diaryl/α,β-unsaturated/α-hetero) is 1. The molecule has 3 aliphatic carbocycles. The van der Waals surface area contributed by atoms with Gasteiger partial charge in [0.05, 0.1) is 17.4 Å². The molecule has 1 N–H and O–H groups in total. The van der Waals surface area contributed by atoms with E-state index in [2.05, 4.69) is 15.3 Å². The molecule has 0 spiro atoms. The summed E-state index contributed by atoms with van der Waals surface area (Å²) >= 11 is 5.60. The number of alkyl halides is 3. The highest BCUT2D eigenvalue weighted by molar-refractivity contribution is 6.30. The molecule has 2 bridgehead atoms. The Kier molecular flexibility index (Phi) is 5.94. The van der Waals surface area contributed by atoms with Gasteiger partial charge in [-0.3, -0.25) is 9.59 Å². The molecule has 0 atom stereocenters. The summed E-state index contributed by atoms with van der Waals surface area (Å²) in [7, 11) is 0. The molecule has 3 fully saturated rings. The number of hydrogen-bond donors (Lipinski definition) is 1. The second-order valence-electron chi connectivity index (χ2n) is 8.47. The second kappa shape index (κ2) is 8.44. The van der Waals surface area contributed by atoms with Crippen LogP contribution >= 0.6 is 11.6 Å². The highest BCUT2D eigenvalue weighted by atomic mass is 35.5. The van der Waals surface area contributed by atoms with Crippen LogP contribution in [0.5, 0.6) is 11.6 Å². The van der Waals surface area contributed by atoms with E-state index in [1.807, 2.05) is 0 Å². The molecule has 12 heteroatoms. The summed E-state index contributed by atoms with van der Waals surface area (Å²) < 4.78 is 61.2. The summed E-state index contributed by atoms with van der Waals surface area (Å²) in [6, 6.07) is 3.93. The molecule has 0 unspecified atom stereocenters. The minimum absolute atomic E-state index is 0.0346. The number of rotatable bonds is 9. The monoisotopic (exact) mass is 487 g/mol. The van der Waals surface area contributed by atoms with Crippen molar-refractivity contribution in [1.29, 1.82) is 0 Å². The molecule has 1 aromatic heterocycles. The number of nitrogens with one attached hydrogen (secondary N) is 1. The van der Waals surface area contributed by atoms with Crippen LogP contribution in [0, 0.1) is 11.2 Å². The van der Waals surface area contributed by atoms with Gasteiger partial charge in [-0.1, -0.05) is 11.6 Å². The summed E-state index contributed by atoms with van der Waals surface area (Å²) in [5.41, 5.74) is -1.73. The number of carbonyl (C=O) groups is 2. The zero-order valence-corrected chi connectivity index (χ0v) is 17.8. The molecule has 2 aromatic rings. The molecule has 33 heavy (non-hydrogen) atoms. The third-order valence-corrected chi connectivity index (χ3v) is 5.98. The van der Waals surface area contributed by atoms with Crippen LogP contribution < -0.4 is 14.8 Å². The van der Waals surface area contributed by atoms with Gasteiger partial charge in [0.25, 0.3) is 5.91 Å². The number of amides is 1. The van der Waals surface area contributed by atoms with E-state index in [1.165, 1.54) is 12.1 Å². The first-order valence-corrected chi connectivity index (χ1v) is 10.3. The number of ether oxygens (including phenoxy) is 2. The fourth-order valence-corrected chi connectivity index (χ4v) is 4.64. The molecule has 0 aliphatic heterocycles. The van der Waals surface area contributed by atoms with Gasteiger partial charge < -0.3 is 14.8 Å². The number of aromatic nitrogens is 2. The Bertz CT molecular complexity index is 1060. The van der Waals surface area contributed by atoms with Crippen LogP contribution in [0.2, 0.25) is 5.02 Å². The number of halogens is 5. The Morgan fingerprint density at radius 2 is 1.82 bits per heavy atom. The van der Waals surface area contributed by atoms with Crippen molar-refractivity contribution in [1.82, 2.24) is 15.3 Å². The molecule has 3 saturated carbocycles. The van der Waals surface area contributed by atoms with Gasteiger partial charge in [0.15, 0.2) is 18.1 Å². The van der Waals surface area contributed by atoms with Gasteiger partial charge in [-0.2, -0.15) is 13.2 Å². The number of ketones is 1. The topological polar surface area (TPSA) is 90.4 Å². The Morgan fingerprint density at radius 3 is 2.42 bits per heavy atom. The number of nitrogens with zero attached hydrogens (tertiary/aromatic N) is 2. The summed E-state index contributed by atoms with van der Waals surface area (Å²) in [4.78, 5) is 31.1. The Labute approximate surface area is 190 Å². The van der Waals surface area contributed by atoms with Crippen LogP contribution in [0.25, 0.3) is 0 Å². The smallest absolute Gasteiger partial charge is 0.434 e. The standard InChI is InChI=1S/C21H18ClF4N3O4/c22-14-2-1-13(3-15(14)23)32-7-12(30)4-19-9-20(10-19,11-19)29-17(31)8-33-18-6-27-16(5-28-18)21(24,25)26/h1-3,5-6H,4,7-11H2,(H,29,31). The lowest BCUT2D eigenvalue weighted by molar-refractivity contribution is -0.173. The predicted octanol–water partition coefficient (Wildman–Crippen LogP) is 3.74. The van der Waals surface area contributed by atoms with Gasteiger partial charge in [0.1, 0.15) is 18.2 Å². The third-order valence-electron chi connectivity index (χ3n) is 5.68. The lowest BCUT2D eigenvalue weighted by atomic mass is 9.38. The zero-order valence-electron chi connectivity index (χ0n) is 17.0. The summed E-state index contributed by atoms with van der Waals surface area (Å²) in [5.74, 6) is -1.19. The van der Waals surface area contributed by atoms with Crippen LogP contribution in [0.1, 0.15) is 31.4 Å². The number of carbonyl (C=O) groups excluding carboxylic acids is 2. The second-order valence-corrected chi connectivity index (χ2v) is 8.87. The van der Waals surface area contributed by atoms with Crippen LogP contribution in [0.15, 0.2) is 30.6 Å². The van der Waals surface area contributed by atoms with E-state index in [0.717, 1.165) is 12.3 Å². The first-order valence-electron chi connectivity index (χ1n) is 9.90. The third kappa shape index (κ3) is 5.18. The highest BCUT2D eigenvalue weighted by Crippen LogP contribution is 2.68. The molecule has 5 rings (SSSR count). The molecule has 0 radical (unpaired) electrons. The Hall–Kier alpha value is -2.95. The molecule has 1 amide bonds. The van der Waals surface area contributed by atoms with Crippen molar-refractivity contribution in [2.75, 3.05) is 13.2 Å². The quantitative estimate of drug-likeness (QED) is 0.542. The van der Waals surface area contributed by atoms with Gasteiger partial charge in [-0.15, -0.1) is 0 Å². The van der Waals surface area contributed by atoms with E-state index in [9.17, 15) is 27.2 Å². The summed E-state index contributed by atoms with van der Waals surface area (Å²) in [5, 5.41) is 2.81. The van der Waals surface area contributed by atoms with E-state index in [1.54, 1.807) is 0 Å². The predicted molar refractivity (Wildman–Crippen MR) is 106 cm³/mol. The first kappa shape index (κ1) is 23.2. The molecule has 1 aromatic carbocycles. The van der Waals surface area contributed by atoms with Crippen molar-refractivity contribution >= 4 is 23.3 Å². The van der Waals surface area contributed by atoms with Crippen LogP contribution in [0.4, 0.5) is 17.6 Å². The van der Waals surface area contributed by atoms with E-state index in [0.29, 0.717) is 31.9 Å². The lowest BCUT2D eigenvalue weighted by Crippen LogP contribution is -2.75. The van der Waals surface area contributed by atoms with E-state index in [4.69, 9.17) is 21.1 Å². The zero-order chi connectivity index (χ0) is 23.9. The van der Waals surface area contributed by atoms with Gasteiger partial charge in [-0.25, -0.2) is 14.4 Å². The Balaban J connectivity index is 1.16. The normalized spacial score (nSPS) is 23.2. The molecular formula is C21H18ClF4N3O4. The van der Waals surface area contributed by atoms with Crippen LogP contribution in [-0.2, 0) is 15.8 Å². The molecule has 3 aliphatic rings. The highest BCUT2D eigenvalue weighted by Gasteiger charge is 2.68. The molecule has 7 nitrogen and oxygen atoms in total. The molecule has 0 saturated heterocycles. The van der Waals surface area contributed by atoms with Crippen molar-refractivity contribution in [3.63, 3.8) is 0 Å². The van der Waals surface area contributed by atoms with Gasteiger partial charge in [0.2, 0.25) is 5.88 Å². The average Bonchev–Trinajstić information content (AvgIpc) is 2.70. The fraction of sp³-hybridized carbons (Fsp3) is 0.429. The fourth-order valence-electron chi connectivity index (χ4n) is 4.53. The van der Waals surface area contributed by atoms with Crippen molar-refractivity contribution in [3.8, 4) is 11.6 Å². The molecule has 176 valence electrons. The minimum atomic E-state index is -4.61. The summed E-state index contributed by atoms with van der Waals surface area (Å²) in [6.45, 7) is -0.608. The van der Waals surface area contributed by atoms with Gasteiger partial charge in [-0.05, 0) is 36.8 Å². The number of benzene rings is 1. The van der Waals surface area contributed by atoms with Crippen molar-refractivity contribution in [2.45, 2.75) is 37.4 Å². The maximum absolute atomic E-state index is 13.4. The lowest BCUT2D eigenvalue weighted by Gasteiger charge is -2.70. The van der Waals surface area contributed by atoms with E-state index >= 15 is 0 Å². The van der Waals surface area contributed by atoms with Crippen molar-refractivity contribution in [3.05, 3.63) is 47.1 Å². The minimum Gasteiger partial charge on any atom is -0.486 e. The van der Waals surface area contributed by atoms with Gasteiger partial charge >= 0.3 is 6.18 Å². The molecular weight excluding hydrogens is 470 g/mol. The van der Waals surface area contributed by atoms with Crippen LogP contribution in [0.3, 0.4) is 0 Å². The van der Waals surface area contributed by atoms with E-state index in [-0.39, 0.29) is 34.5 Å². The molecule has 1 heterocycles. The van der Waals surface area contributed by atoms with E-state index < -0.39 is 35.7 Å². The maximum atomic E-state index is 13.4. The average molecular weight is 488 g/mol. The number of hydrogen-bond acceptors (Lipinski definition) is 6. The Morgan fingerprint density at radius 1 is 1.09 bits per heavy atom. The first-order chi connectivity index (χ1) is 15.5. The van der Waals surface area contributed by atoms with Gasteiger partial charge in [0, 0.05) is 18.0 Å². The SMILES string of the molecule is O=C(COc1ccc(Cl)c(F)c1)CC12CC(NC(=O)COc3cnc(C(F)(F)F)cn3)(C1)C2. The largest absolute Gasteiger partial charge is 0.486 e. The van der Waals surface area contributed by atoms with Crippen molar-refractivity contribution < 1.29 is 36.6 Å².